The summed E-state index contributed by atoms with van der Waals surface area (Å²) in [4.78, 5) is 27.7. The molecule has 5 rings (SSSR count). The first kappa shape index (κ1) is 27.6. The zero-order valence-corrected chi connectivity index (χ0v) is 23.8. The van der Waals surface area contributed by atoms with Crippen molar-refractivity contribution in [2.24, 2.45) is 11.1 Å². The number of Topliss-reactive ketones (excluding diaryl/α,β-unsaturated/α-hetero) is 1. The SMILES string of the molecule is Cc1ccc(C2C(C#N)=C(N)N(c3nnc(SCC(=O)Nc4ccc(F)cc4)s3)C3=C2C(=O)CC(C)(C)C3)cc1. The number of nitrogens with one attached hydrogen (secondary N) is 1. The maximum atomic E-state index is 13.6. The van der Waals surface area contributed by atoms with Crippen molar-refractivity contribution in [1.82, 2.24) is 10.2 Å². The van der Waals surface area contributed by atoms with Gasteiger partial charge in [-0.15, -0.1) is 10.2 Å². The lowest BCUT2D eigenvalue weighted by molar-refractivity contribution is -0.118. The molecule has 0 fully saturated rings. The van der Waals surface area contributed by atoms with E-state index >= 15 is 0 Å². The van der Waals surface area contributed by atoms with Gasteiger partial charge in [-0.05, 0) is 48.6 Å². The van der Waals surface area contributed by atoms with Crippen LogP contribution in [0.3, 0.4) is 0 Å². The number of carbonyl (C=O) groups excluding carboxylic acids is 2. The number of carbonyl (C=O) groups is 2. The van der Waals surface area contributed by atoms with Gasteiger partial charge in [0.2, 0.25) is 11.0 Å². The Morgan fingerprint density at radius 2 is 1.90 bits per heavy atom. The Morgan fingerprint density at radius 1 is 1.20 bits per heavy atom. The summed E-state index contributed by atoms with van der Waals surface area (Å²) < 4.78 is 13.7. The van der Waals surface area contributed by atoms with Gasteiger partial charge >= 0.3 is 0 Å². The highest BCUT2D eigenvalue weighted by molar-refractivity contribution is 8.01. The van der Waals surface area contributed by atoms with Gasteiger partial charge in [0.25, 0.3) is 0 Å². The largest absolute Gasteiger partial charge is 0.384 e. The van der Waals surface area contributed by atoms with E-state index in [-0.39, 0.29) is 34.5 Å². The molecule has 1 amide bonds. The number of thioether (sulfide) groups is 1. The van der Waals surface area contributed by atoms with E-state index in [0.717, 1.165) is 16.8 Å². The molecular weight excluding hydrogens is 547 g/mol. The van der Waals surface area contributed by atoms with Crippen molar-refractivity contribution in [1.29, 1.82) is 5.26 Å². The smallest absolute Gasteiger partial charge is 0.234 e. The van der Waals surface area contributed by atoms with Crippen LogP contribution in [-0.2, 0) is 9.59 Å². The quantitative estimate of drug-likeness (QED) is 0.362. The van der Waals surface area contributed by atoms with E-state index in [0.29, 0.717) is 39.1 Å². The molecule has 1 aromatic heterocycles. The third kappa shape index (κ3) is 5.50. The number of hydrogen-bond donors (Lipinski definition) is 2. The second-order valence-electron chi connectivity index (χ2n) is 10.6. The van der Waals surface area contributed by atoms with Crippen LogP contribution in [0.25, 0.3) is 0 Å². The van der Waals surface area contributed by atoms with Gasteiger partial charge in [-0.3, -0.25) is 14.5 Å². The predicted octanol–water partition coefficient (Wildman–Crippen LogP) is 5.66. The van der Waals surface area contributed by atoms with Crippen molar-refractivity contribution >= 4 is 45.6 Å². The van der Waals surface area contributed by atoms with Crippen LogP contribution in [0.4, 0.5) is 15.2 Å². The summed E-state index contributed by atoms with van der Waals surface area (Å²) in [5.41, 5.74) is 10.4. The van der Waals surface area contributed by atoms with E-state index in [4.69, 9.17) is 5.73 Å². The van der Waals surface area contributed by atoms with E-state index < -0.39 is 5.92 Å². The van der Waals surface area contributed by atoms with E-state index in [1.54, 1.807) is 4.90 Å². The fourth-order valence-electron chi connectivity index (χ4n) is 5.03. The van der Waals surface area contributed by atoms with Crippen molar-refractivity contribution in [3.05, 3.63) is 88.1 Å². The summed E-state index contributed by atoms with van der Waals surface area (Å²) in [5.74, 6) is -0.945. The summed E-state index contributed by atoms with van der Waals surface area (Å²) in [6, 6.07) is 15.6. The highest BCUT2D eigenvalue weighted by Crippen LogP contribution is 2.50. The zero-order valence-electron chi connectivity index (χ0n) is 22.2. The summed E-state index contributed by atoms with van der Waals surface area (Å²) in [7, 11) is 0. The van der Waals surface area contributed by atoms with Gasteiger partial charge in [0.1, 0.15) is 11.6 Å². The maximum Gasteiger partial charge on any atom is 0.234 e. The van der Waals surface area contributed by atoms with Crippen LogP contribution in [-0.4, -0.2) is 27.6 Å². The molecule has 2 heterocycles. The monoisotopic (exact) mass is 574 g/mol. The minimum atomic E-state index is -0.558. The highest BCUT2D eigenvalue weighted by atomic mass is 32.2. The normalized spacial score (nSPS) is 18.4. The molecule has 0 spiro atoms. The van der Waals surface area contributed by atoms with Crippen LogP contribution in [0, 0.1) is 29.5 Å². The number of allylic oxidation sites excluding steroid dienone is 3. The number of nitrogens with zero attached hydrogens (tertiary/aromatic N) is 4. The van der Waals surface area contributed by atoms with Crippen molar-refractivity contribution in [2.45, 2.75) is 43.9 Å². The van der Waals surface area contributed by atoms with Crippen LogP contribution in [0.2, 0.25) is 0 Å². The molecular formula is C29H27FN6O2S2. The summed E-state index contributed by atoms with van der Waals surface area (Å²) in [6.07, 6.45) is 0.930. The molecule has 1 aliphatic carbocycles. The molecule has 3 aromatic rings. The van der Waals surface area contributed by atoms with Gasteiger partial charge in [0.15, 0.2) is 10.1 Å². The van der Waals surface area contributed by atoms with Crippen molar-refractivity contribution in [2.75, 3.05) is 16.0 Å². The third-order valence-electron chi connectivity index (χ3n) is 6.83. The number of benzene rings is 2. The Morgan fingerprint density at radius 3 is 2.58 bits per heavy atom. The molecule has 11 heteroatoms. The fraction of sp³-hybridized carbons (Fsp3) is 0.276. The van der Waals surface area contributed by atoms with Gasteiger partial charge in [-0.25, -0.2) is 4.39 Å². The molecule has 0 saturated carbocycles. The molecule has 1 unspecified atom stereocenters. The third-order valence-corrected chi connectivity index (χ3v) is 8.88. The number of halogens is 1. The van der Waals surface area contributed by atoms with Gasteiger partial charge in [0, 0.05) is 23.4 Å². The van der Waals surface area contributed by atoms with E-state index in [2.05, 4.69) is 21.6 Å². The Kier molecular flexibility index (Phi) is 7.49. The first-order valence-corrected chi connectivity index (χ1v) is 14.4. The Balaban J connectivity index is 1.46. The Bertz CT molecular complexity index is 1590. The minimum absolute atomic E-state index is 0.0151. The highest BCUT2D eigenvalue weighted by Gasteiger charge is 2.45. The number of nitriles is 1. The lowest BCUT2D eigenvalue weighted by Gasteiger charge is -2.42. The second kappa shape index (κ2) is 10.9. The van der Waals surface area contributed by atoms with Crippen molar-refractivity contribution in [3.63, 3.8) is 0 Å². The van der Waals surface area contributed by atoms with Crippen LogP contribution < -0.4 is 16.0 Å². The molecule has 2 aromatic carbocycles. The predicted molar refractivity (Wildman–Crippen MR) is 154 cm³/mol. The maximum absolute atomic E-state index is 13.6. The molecule has 0 bridgehead atoms. The van der Waals surface area contributed by atoms with Gasteiger partial charge in [-0.2, -0.15) is 5.26 Å². The van der Waals surface area contributed by atoms with Crippen LogP contribution >= 0.6 is 23.1 Å². The number of anilines is 2. The van der Waals surface area contributed by atoms with Crippen molar-refractivity contribution in [3.8, 4) is 6.07 Å². The Hall–Kier alpha value is -4.01. The molecule has 1 aliphatic heterocycles. The van der Waals surface area contributed by atoms with Gasteiger partial charge < -0.3 is 11.1 Å². The van der Waals surface area contributed by atoms with Gasteiger partial charge in [-0.1, -0.05) is 66.8 Å². The van der Waals surface area contributed by atoms with E-state index in [9.17, 15) is 19.2 Å². The van der Waals surface area contributed by atoms with E-state index in [1.165, 1.54) is 47.4 Å². The lowest BCUT2D eigenvalue weighted by atomic mass is 9.68. The molecule has 2 aliphatic rings. The standard InChI is InChI=1S/C29H27FN6O2S2/c1-16-4-6-17(7-5-16)24-20(14-31)26(32)36(21-12-29(2,3)13-22(37)25(21)24)27-34-35-28(40-27)39-15-23(38)33-19-10-8-18(30)9-11-19/h4-11,24H,12-13,15,32H2,1-3H3,(H,33,38). The average molecular weight is 575 g/mol. The first-order chi connectivity index (χ1) is 19.1. The van der Waals surface area contributed by atoms with Crippen LogP contribution in [0.5, 0.6) is 0 Å². The van der Waals surface area contributed by atoms with E-state index in [1.807, 2.05) is 45.0 Å². The number of hydrogen-bond acceptors (Lipinski definition) is 9. The average Bonchev–Trinajstić information content (AvgIpc) is 3.36. The number of ketones is 1. The fourth-order valence-corrected chi connectivity index (χ4v) is 6.71. The number of aryl methyl sites for hydroxylation is 1. The molecule has 1 atom stereocenters. The number of rotatable bonds is 6. The Labute approximate surface area is 239 Å². The molecule has 0 radical (unpaired) electrons. The number of nitrogens with two attached hydrogens (primary N) is 1. The topological polar surface area (TPSA) is 125 Å². The zero-order chi connectivity index (χ0) is 28.6. The number of amides is 1. The molecule has 8 nitrogen and oxygen atoms in total. The summed E-state index contributed by atoms with van der Waals surface area (Å²) in [5, 5.41) is 21.9. The second-order valence-corrected chi connectivity index (χ2v) is 12.8. The summed E-state index contributed by atoms with van der Waals surface area (Å²) >= 11 is 2.43. The molecule has 3 N–H and O–H groups in total. The molecule has 40 heavy (non-hydrogen) atoms. The molecule has 204 valence electrons. The minimum Gasteiger partial charge on any atom is -0.384 e. The van der Waals surface area contributed by atoms with Crippen LogP contribution in [0.1, 0.15) is 43.7 Å². The number of aromatic nitrogens is 2. The lowest BCUT2D eigenvalue weighted by Crippen LogP contribution is -2.42. The van der Waals surface area contributed by atoms with Gasteiger partial charge in [0.05, 0.1) is 23.3 Å². The van der Waals surface area contributed by atoms with Crippen molar-refractivity contribution < 1.29 is 14.0 Å². The summed E-state index contributed by atoms with van der Waals surface area (Å²) in [6.45, 7) is 6.06. The molecule has 0 saturated heterocycles. The van der Waals surface area contributed by atoms with Crippen LogP contribution in [0.15, 0.2) is 75.5 Å². The first-order valence-electron chi connectivity index (χ1n) is 12.6.